The molecule has 22 nitrogen and oxygen atoms in total. The van der Waals surface area contributed by atoms with Crippen LogP contribution in [0, 0.1) is 44.4 Å². The third-order valence-electron chi connectivity index (χ3n) is 13.4. The second-order valence-electron chi connectivity index (χ2n) is 21.1. The second kappa shape index (κ2) is 27.3. The molecule has 6 amide bonds. The Balaban J connectivity index is 1.14. The molecule has 0 aromatic heterocycles. The lowest BCUT2D eigenvalue weighted by atomic mass is 9.55. The zero-order valence-electron chi connectivity index (χ0n) is 44.1. The summed E-state index contributed by atoms with van der Waals surface area (Å²) in [5.74, 6) is -2.35. The van der Waals surface area contributed by atoms with Gasteiger partial charge in [-0.2, -0.15) is 0 Å². The van der Waals surface area contributed by atoms with Crippen LogP contribution in [0.25, 0.3) is 0 Å². The number of guanidine groups is 1. The molecule has 0 radical (unpaired) electrons. The van der Waals surface area contributed by atoms with Crippen LogP contribution in [0.4, 0.5) is 9.59 Å². The number of nitrogens with one attached hydrogen (secondary N) is 7. The molecule has 2 aromatic carbocycles. The van der Waals surface area contributed by atoms with Gasteiger partial charge in [-0.15, -0.1) is 0 Å². The summed E-state index contributed by atoms with van der Waals surface area (Å²) < 4.78 is 45.2. The highest BCUT2D eigenvalue weighted by atomic mass is 32.2. The van der Waals surface area contributed by atoms with E-state index in [4.69, 9.17) is 19.9 Å². The number of rotatable bonds is 25. The van der Waals surface area contributed by atoms with E-state index in [-0.39, 0.29) is 50.0 Å². The summed E-state index contributed by atoms with van der Waals surface area (Å²) >= 11 is 0. The van der Waals surface area contributed by atoms with Crippen molar-refractivity contribution in [1.82, 2.24) is 36.6 Å². The van der Waals surface area contributed by atoms with Crippen molar-refractivity contribution in [2.75, 3.05) is 26.2 Å². The van der Waals surface area contributed by atoms with E-state index in [0.29, 0.717) is 35.8 Å². The fraction of sp³-hybridized carbons (Fsp3) is 0.615. The molecule has 4 fully saturated rings. The van der Waals surface area contributed by atoms with Crippen LogP contribution in [0.2, 0.25) is 0 Å². The number of nitrogens with zero attached hydrogens (tertiary/aromatic N) is 1. The predicted molar refractivity (Wildman–Crippen MR) is 277 cm³/mol. The third kappa shape index (κ3) is 19.0. The number of alkyl carbamates (subject to hydrolysis) is 2. The largest absolute Gasteiger partial charge is 0.460 e. The maximum Gasteiger partial charge on any atom is 0.408 e. The van der Waals surface area contributed by atoms with E-state index < -0.39 is 101 Å². The fourth-order valence-electron chi connectivity index (χ4n) is 10.4. The Hall–Kier alpha value is -6.49. The molecule has 4 aliphatic carbocycles. The lowest BCUT2D eigenvalue weighted by Gasteiger charge is -2.53. The van der Waals surface area contributed by atoms with Crippen molar-refractivity contribution in [2.45, 2.75) is 160 Å². The Morgan fingerprint density at radius 1 is 0.760 bits per heavy atom. The number of ether oxygens (including phenoxy) is 3. The average molecular weight is 1070 g/mol. The van der Waals surface area contributed by atoms with Crippen molar-refractivity contribution in [1.29, 1.82) is 0 Å². The molecule has 0 aliphatic heterocycles. The van der Waals surface area contributed by atoms with Gasteiger partial charge in [0.05, 0.1) is 17.5 Å². The van der Waals surface area contributed by atoms with Crippen LogP contribution in [0.5, 0.6) is 0 Å². The van der Waals surface area contributed by atoms with E-state index >= 15 is 0 Å². The minimum atomic E-state index is -4.10. The van der Waals surface area contributed by atoms with Gasteiger partial charge in [0.25, 0.3) is 10.0 Å². The van der Waals surface area contributed by atoms with Crippen LogP contribution < -0.4 is 42.4 Å². The highest BCUT2D eigenvalue weighted by Crippen LogP contribution is 2.54. The minimum Gasteiger partial charge on any atom is -0.460 e. The number of aryl methyl sites for hydroxylation is 3. The smallest absolute Gasteiger partial charge is 0.408 e. The van der Waals surface area contributed by atoms with E-state index in [2.05, 4.69) is 41.6 Å². The van der Waals surface area contributed by atoms with E-state index in [1.165, 1.54) is 13.3 Å². The molecule has 414 valence electrons. The number of benzene rings is 2. The number of esters is 1. The first kappa shape index (κ1) is 59.4. The first-order valence-corrected chi connectivity index (χ1v) is 27.2. The molecule has 4 saturated carbocycles. The van der Waals surface area contributed by atoms with Crippen LogP contribution in [-0.2, 0) is 54.8 Å². The zero-order chi connectivity index (χ0) is 55.0. The Bertz CT molecular complexity index is 2430. The summed E-state index contributed by atoms with van der Waals surface area (Å²) in [6.07, 6.45) is 3.56. The molecule has 0 heterocycles. The highest BCUT2D eigenvalue weighted by molar-refractivity contribution is 7.90. The molecule has 6 rings (SSSR count). The topological polar surface area (TPSA) is 324 Å². The van der Waals surface area contributed by atoms with Crippen molar-refractivity contribution in [3.63, 3.8) is 0 Å². The standard InChI is InChI=1S/C52H77N9O13S/c1-30-20-31(2)45(32(3)21-30)75(70,71)61-49(53)54-19-13-17-39(46(65)57-28-42(64)72-29-34-14-9-8-10-15-34)58-41(63)27-56-48(67)43(33(4)62)60-47(66)40(59-51(69)74-52(5,6)7)16-11-12-18-55-50(68)73-44-37-23-35-22-36(25-37)26-38(44)24-35/h8-10,14-15,20-21,33,35-40,43-44,62H,11-13,16-19,22-29H2,1-7H3,(H,55,68)(H,56,67)(H,57,65)(H,58,63)(H,59,69)(H,60,66)(H3,53,54,61)/t33-,35?,36?,37?,38?,39+,40+,43+,44?/m1/s1. The molecule has 4 bridgehead atoms. The number of hydrogen-bond donors (Lipinski definition) is 9. The van der Waals surface area contributed by atoms with Gasteiger partial charge in [0.2, 0.25) is 29.6 Å². The van der Waals surface area contributed by atoms with Gasteiger partial charge in [-0.05, 0) is 153 Å². The highest BCUT2D eigenvalue weighted by Gasteiger charge is 2.50. The molecule has 0 saturated heterocycles. The maximum absolute atomic E-state index is 13.7. The first-order valence-electron chi connectivity index (χ1n) is 25.7. The Kier molecular flexibility index (Phi) is 21.7. The molecular formula is C52H77N9O13S. The number of amides is 6. The normalized spacial score (nSPS) is 20.5. The van der Waals surface area contributed by atoms with Gasteiger partial charge >= 0.3 is 18.2 Å². The molecular weight excluding hydrogens is 991 g/mol. The van der Waals surface area contributed by atoms with Crippen LogP contribution in [-0.4, -0.2) is 123 Å². The van der Waals surface area contributed by atoms with Gasteiger partial charge in [-0.3, -0.25) is 29.0 Å². The van der Waals surface area contributed by atoms with Gasteiger partial charge in [-0.1, -0.05) is 48.0 Å². The van der Waals surface area contributed by atoms with Gasteiger partial charge in [0, 0.05) is 13.1 Å². The number of sulfonamides is 1. The van der Waals surface area contributed by atoms with E-state index in [1.807, 2.05) is 6.92 Å². The maximum atomic E-state index is 13.7. The quantitative estimate of drug-likeness (QED) is 0.0227. The van der Waals surface area contributed by atoms with Crippen molar-refractivity contribution >= 4 is 57.8 Å². The van der Waals surface area contributed by atoms with Crippen LogP contribution in [0.1, 0.15) is 114 Å². The summed E-state index contributed by atoms with van der Waals surface area (Å²) in [6, 6.07) is 8.14. The number of aliphatic hydroxyl groups excluding tert-OH is 1. The third-order valence-corrected chi connectivity index (χ3v) is 15.1. The summed E-state index contributed by atoms with van der Waals surface area (Å²) in [6.45, 7) is 10.2. The number of carbonyl (C=O) groups is 7. The first-order chi connectivity index (χ1) is 35.4. The molecule has 10 N–H and O–H groups in total. The van der Waals surface area contributed by atoms with Gasteiger partial charge in [0.1, 0.15) is 43.0 Å². The predicted octanol–water partition coefficient (Wildman–Crippen LogP) is 2.93. The summed E-state index contributed by atoms with van der Waals surface area (Å²) in [5.41, 5.74) is 7.68. The number of aliphatic imine (C=N–C) groups is 1. The van der Waals surface area contributed by atoms with Gasteiger partial charge < -0.3 is 57.0 Å². The summed E-state index contributed by atoms with van der Waals surface area (Å²) in [5, 5.41) is 25.7. The molecule has 0 spiro atoms. The lowest BCUT2D eigenvalue weighted by molar-refractivity contribution is -0.145. The van der Waals surface area contributed by atoms with Crippen LogP contribution in [0.15, 0.2) is 52.4 Å². The Morgan fingerprint density at radius 2 is 1.36 bits per heavy atom. The number of unbranched alkanes of at least 4 members (excludes halogenated alkanes) is 1. The fourth-order valence-corrected chi connectivity index (χ4v) is 11.9. The molecule has 75 heavy (non-hydrogen) atoms. The van der Waals surface area contributed by atoms with Crippen molar-refractivity contribution in [3.8, 4) is 0 Å². The second-order valence-corrected chi connectivity index (χ2v) is 22.7. The zero-order valence-corrected chi connectivity index (χ0v) is 44.9. The Labute approximate surface area is 439 Å². The van der Waals surface area contributed by atoms with E-state index in [0.717, 1.165) is 48.6 Å². The number of hydrogen-bond acceptors (Lipinski definition) is 14. The molecule has 0 unspecified atom stereocenters. The van der Waals surface area contributed by atoms with Crippen LogP contribution in [0.3, 0.4) is 0 Å². The summed E-state index contributed by atoms with van der Waals surface area (Å²) in [4.78, 5) is 96.3. The van der Waals surface area contributed by atoms with Crippen molar-refractivity contribution < 1.29 is 61.3 Å². The minimum absolute atomic E-state index is 0.0468. The van der Waals surface area contributed by atoms with Gasteiger partial charge in [-0.25, -0.2) is 22.7 Å². The van der Waals surface area contributed by atoms with Crippen molar-refractivity contribution in [2.24, 2.45) is 34.4 Å². The van der Waals surface area contributed by atoms with Gasteiger partial charge in [0.15, 0.2) is 0 Å². The number of carbonyl (C=O) groups excluding carboxylic acids is 7. The SMILES string of the molecule is Cc1cc(C)c(S(=O)(=O)NC(N)=NCCC[C@H](NC(=O)CNC(=O)[C@@H](NC(=O)[C@H](CCCCNC(=O)OC2C3CC4CC(C3)CC2C4)NC(=O)OC(C)(C)C)[C@@H](C)O)C(=O)NCC(=O)OCc2ccccc2)c(C)c1. The van der Waals surface area contributed by atoms with E-state index in [9.17, 15) is 47.1 Å². The molecule has 23 heteroatoms. The van der Waals surface area contributed by atoms with Crippen molar-refractivity contribution in [3.05, 3.63) is 64.7 Å². The molecule has 4 atom stereocenters. The Morgan fingerprint density at radius 3 is 1.97 bits per heavy atom. The molecule has 4 aliphatic rings. The lowest BCUT2D eigenvalue weighted by Crippen LogP contribution is -2.58. The molecule has 2 aromatic rings. The van der Waals surface area contributed by atoms with E-state index in [1.54, 1.807) is 77.1 Å². The number of aliphatic hydroxyl groups is 1. The summed E-state index contributed by atoms with van der Waals surface area (Å²) in [7, 11) is -4.10. The van der Waals surface area contributed by atoms with Crippen LogP contribution >= 0.6 is 0 Å². The average Bonchev–Trinajstić information content (AvgIpc) is 3.31. The number of nitrogens with two attached hydrogens (primary N) is 1. The monoisotopic (exact) mass is 1070 g/mol.